The number of hydrogen-bond acceptors (Lipinski definition) is 6. The molecule has 0 heterocycles. The van der Waals surface area contributed by atoms with Crippen LogP contribution in [0, 0.1) is 0 Å². The van der Waals surface area contributed by atoms with Crippen LogP contribution in [0.3, 0.4) is 0 Å². The summed E-state index contributed by atoms with van der Waals surface area (Å²) in [5, 5.41) is 0. The van der Waals surface area contributed by atoms with Crippen LogP contribution in [0.5, 0.6) is 0 Å². The number of allylic oxidation sites excluding steroid dienone is 18. The minimum absolute atomic E-state index is 0.112. The average Bonchev–Trinajstić information content (AvgIpc) is 3.31. The Balaban J connectivity index is 4.51. The van der Waals surface area contributed by atoms with Gasteiger partial charge in [0.25, 0.3) is 0 Å². The van der Waals surface area contributed by atoms with Crippen molar-refractivity contribution < 1.29 is 28.6 Å². The largest absolute Gasteiger partial charge is 0.462 e. The van der Waals surface area contributed by atoms with E-state index >= 15 is 0 Å². The van der Waals surface area contributed by atoms with Crippen LogP contribution < -0.4 is 0 Å². The molecule has 374 valence electrons. The van der Waals surface area contributed by atoms with E-state index in [-0.39, 0.29) is 37.5 Å². The Kier molecular flexibility index (Phi) is 50.5. The van der Waals surface area contributed by atoms with E-state index in [1.807, 2.05) is 6.08 Å². The molecular weight excluding hydrogens is 817 g/mol. The van der Waals surface area contributed by atoms with Crippen LogP contribution >= 0.6 is 0 Å². The molecule has 0 bridgehead atoms. The van der Waals surface area contributed by atoms with E-state index in [0.29, 0.717) is 19.3 Å². The fraction of sp³-hybridized carbons (Fsp3) is 0.650. The van der Waals surface area contributed by atoms with Gasteiger partial charge in [0.1, 0.15) is 13.2 Å². The van der Waals surface area contributed by atoms with E-state index in [1.165, 1.54) is 83.5 Å². The highest BCUT2D eigenvalue weighted by atomic mass is 16.6. The molecule has 0 radical (unpaired) electrons. The molecule has 0 saturated carbocycles. The lowest BCUT2D eigenvalue weighted by Crippen LogP contribution is -2.30. The van der Waals surface area contributed by atoms with E-state index < -0.39 is 6.10 Å². The molecule has 0 aliphatic heterocycles. The predicted octanol–water partition coefficient (Wildman–Crippen LogP) is 17.9. The van der Waals surface area contributed by atoms with E-state index in [2.05, 4.69) is 124 Å². The van der Waals surface area contributed by atoms with Crippen LogP contribution in [-0.2, 0) is 28.6 Å². The molecule has 0 rings (SSSR count). The SMILES string of the molecule is CC\C=C/C=C\C=C/CCCCCCCC(=O)OCC(COC(=O)CC/C=C\C/C=C\C/C=C\C/C=C\C/C=C\C/C=C\CC)OC(=O)CCCCCCCCCCCCCCCCCC. The lowest BCUT2D eigenvalue weighted by atomic mass is 10.0. The zero-order chi connectivity index (χ0) is 47.9. The Labute approximate surface area is 406 Å². The van der Waals surface area contributed by atoms with Gasteiger partial charge in [0.05, 0.1) is 0 Å². The topological polar surface area (TPSA) is 78.9 Å². The van der Waals surface area contributed by atoms with Gasteiger partial charge in [-0.2, -0.15) is 0 Å². The van der Waals surface area contributed by atoms with Crippen molar-refractivity contribution in [2.45, 2.75) is 239 Å². The number of carbonyl (C=O) groups excluding carboxylic acids is 3. The third kappa shape index (κ3) is 51.1. The maximum absolute atomic E-state index is 12.8. The van der Waals surface area contributed by atoms with Gasteiger partial charge in [0, 0.05) is 19.3 Å². The first-order chi connectivity index (χ1) is 32.5. The second-order valence-electron chi connectivity index (χ2n) is 17.4. The van der Waals surface area contributed by atoms with Crippen molar-refractivity contribution in [2.75, 3.05) is 13.2 Å². The molecule has 66 heavy (non-hydrogen) atoms. The van der Waals surface area contributed by atoms with Gasteiger partial charge in [-0.05, 0) is 77.0 Å². The summed E-state index contributed by atoms with van der Waals surface area (Å²) in [5.74, 6) is -1.02. The van der Waals surface area contributed by atoms with Gasteiger partial charge in [-0.3, -0.25) is 14.4 Å². The molecule has 0 fully saturated rings. The average molecular weight is 915 g/mol. The van der Waals surface area contributed by atoms with Gasteiger partial charge in [0.15, 0.2) is 6.10 Å². The number of esters is 3. The molecule has 0 aromatic heterocycles. The zero-order valence-electron chi connectivity index (χ0n) is 42.7. The van der Waals surface area contributed by atoms with Gasteiger partial charge < -0.3 is 14.2 Å². The zero-order valence-corrected chi connectivity index (χ0v) is 42.7. The second-order valence-corrected chi connectivity index (χ2v) is 17.4. The summed E-state index contributed by atoms with van der Waals surface area (Å²) in [7, 11) is 0. The third-order valence-electron chi connectivity index (χ3n) is 11.1. The highest BCUT2D eigenvalue weighted by molar-refractivity contribution is 5.71. The number of unbranched alkanes of at least 4 members (excludes halogenated alkanes) is 20. The van der Waals surface area contributed by atoms with Crippen molar-refractivity contribution in [2.24, 2.45) is 0 Å². The molecule has 0 aliphatic carbocycles. The third-order valence-corrected chi connectivity index (χ3v) is 11.1. The Bertz CT molecular complexity index is 1370. The van der Waals surface area contributed by atoms with Crippen molar-refractivity contribution in [3.8, 4) is 0 Å². The van der Waals surface area contributed by atoms with E-state index in [0.717, 1.165) is 103 Å². The standard InChI is InChI=1S/C60H98O6/c1-4-7-10-13-16-19-22-25-27-29-30-31-33-35-38-41-44-47-50-53-59(62)65-56-57(55-64-58(61)52-49-46-43-40-37-34-24-21-18-15-12-9-6-3)66-60(63)54-51-48-45-42-39-36-32-28-26-23-20-17-14-11-8-5-2/h7,9-10,12,15-16,18-19,21,24-25,27,30-31,35,38,44,47,57H,4-6,8,11,13-14,17,20,22-23,26,28-29,32-34,36-37,39-43,45-46,48-56H2,1-3H3/b10-7-,12-9-,18-15-,19-16-,24-21-,27-25-,31-30-,38-35-,47-44-. The van der Waals surface area contributed by atoms with Gasteiger partial charge in [-0.1, -0.05) is 246 Å². The Hall–Kier alpha value is -3.93. The summed E-state index contributed by atoms with van der Waals surface area (Å²) in [6, 6.07) is 0. The first-order valence-electron chi connectivity index (χ1n) is 26.9. The normalized spacial score (nSPS) is 13.0. The number of rotatable bonds is 47. The molecule has 0 saturated heterocycles. The summed E-state index contributed by atoms with van der Waals surface area (Å²) in [6.07, 6.45) is 72.3. The molecule has 0 amide bonds. The Morgan fingerprint density at radius 2 is 0.697 bits per heavy atom. The Morgan fingerprint density at radius 3 is 1.15 bits per heavy atom. The second kappa shape index (κ2) is 53.7. The Morgan fingerprint density at radius 1 is 0.333 bits per heavy atom. The molecule has 1 atom stereocenters. The molecular formula is C60H98O6. The van der Waals surface area contributed by atoms with Gasteiger partial charge in [-0.15, -0.1) is 0 Å². The fourth-order valence-electron chi connectivity index (χ4n) is 7.11. The van der Waals surface area contributed by atoms with Gasteiger partial charge in [0.2, 0.25) is 0 Å². The summed E-state index contributed by atoms with van der Waals surface area (Å²) in [4.78, 5) is 38.0. The molecule has 6 heteroatoms. The molecule has 0 aromatic rings. The molecule has 0 aromatic carbocycles. The van der Waals surface area contributed by atoms with E-state index in [1.54, 1.807) is 0 Å². The summed E-state index contributed by atoms with van der Waals surface area (Å²) in [6.45, 7) is 6.31. The first kappa shape index (κ1) is 62.1. The first-order valence-corrected chi connectivity index (χ1v) is 26.9. The molecule has 0 aliphatic rings. The monoisotopic (exact) mass is 915 g/mol. The number of carbonyl (C=O) groups is 3. The summed E-state index contributed by atoms with van der Waals surface area (Å²) >= 11 is 0. The van der Waals surface area contributed by atoms with E-state index in [9.17, 15) is 14.4 Å². The van der Waals surface area contributed by atoms with Gasteiger partial charge in [-0.25, -0.2) is 0 Å². The molecule has 6 nitrogen and oxygen atoms in total. The van der Waals surface area contributed by atoms with Crippen LogP contribution in [0.25, 0.3) is 0 Å². The van der Waals surface area contributed by atoms with Crippen molar-refractivity contribution in [1.82, 2.24) is 0 Å². The molecule has 0 spiro atoms. The van der Waals surface area contributed by atoms with Crippen LogP contribution in [0.4, 0.5) is 0 Å². The van der Waals surface area contributed by atoms with Crippen LogP contribution in [0.15, 0.2) is 109 Å². The molecule has 1 unspecified atom stereocenters. The predicted molar refractivity (Wildman–Crippen MR) is 283 cm³/mol. The van der Waals surface area contributed by atoms with Crippen molar-refractivity contribution >= 4 is 17.9 Å². The lowest BCUT2D eigenvalue weighted by molar-refractivity contribution is -0.166. The minimum Gasteiger partial charge on any atom is -0.462 e. The quantitative estimate of drug-likeness (QED) is 0.0199. The van der Waals surface area contributed by atoms with Crippen molar-refractivity contribution in [1.29, 1.82) is 0 Å². The smallest absolute Gasteiger partial charge is 0.306 e. The highest BCUT2D eigenvalue weighted by Crippen LogP contribution is 2.15. The highest BCUT2D eigenvalue weighted by Gasteiger charge is 2.19. The molecule has 0 N–H and O–H groups in total. The summed E-state index contributed by atoms with van der Waals surface area (Å²) < 4.78 is 16.7. The van der Waals surface area contributed by atoms with Crippen LogP contribution in [-0.4, -0.2) is 37.2 Å². The van der Waals surface area contributed by atoms with Gasteiger partial charge >= 0.3 is 17.9 Å². The maximum Gasteiger partial charge on any atom is 0.306 e. The minimum atomic E-state index is -0.817. The van der Waals surface area contributed by atoms with Crippen LogP contribution in [0.2, 0.25) is 0 Å². The summed E-state index contributed by atoms with van der Waals surface area (Å²) in [5.41, 5.74) is 0. The van der Waals surface area contributed by atoms with Crippen molar-refractivity contribution in [3.05, 3.63) is 109 Å². The number of hydrogen-bond donors (Lipinski definition) is 0. The van der Waals surface area contributed by atoms with Crippen molar-refractivity contribution in [3.63, 3.8) is 0 Å². The maximum atomic E-state index is 12.8. The number of ether oxygens (including phenoxy) is 3. The van der Waals surface area contributed by atoms with Crippen LogP contribution in [0.1, 0.15) is 233 Å². The van der Waals surface area contributed by atoms with E-state index in [4.69, 9.17) is 14.2 Å². The lowest BCUT2D eigenvalue weighted by Gasteiger charge is -2.18. The fourth-order valence-corrected chi connectivity index (χ4v) is 7.11.